The van der Waals surface area contributed by atoms with Crippen LogP contribution in [0.4, 0.5) is 13.2 Å². The topological polar surface area (TPSA) is 57.8 Å². The van der Waals surface area contributed by atoms with Gasteiger partial charge in [-0.05, 0) is 43.4 Å². The third-order valence-electron chi connectivity index (χ3n) is 4.34. The first-order valence-electron chi connectivity index (χ1n) is 7.78. The molecule has 1 aliphatic rings. The van der Waals surface area contributed by atoms with E-state index in [1.165, 1.54) is 0 Å². The number of aryl methyl sites for hydroxylation is 2. The Kier molecular flexibility index (Phi) is 4.34. The van der Waals surface area contributed by atoms with E-state index in [2.05, 4.69) is 15.5 Å². The van der Waals surface area contributed by atoms with Gasteiger partial charge in [0.15, 0.2) is 0 Å². The van der Waals surface area contributed by atoms with E-state index in [9.17, 15) is 18.0 Å². The van der Waals surface area contributed by atoms with E-state index in [4.69, 9.17) is 0 Å². The lowest BCUT2D eigenvalue weighted by Gasteiger charge is -2.18. The summed E-state index contributed by atoms with van der Waals surface area (Å²) in [7, 11) is 0. The molecule has 1 heterocycles. The third-order valence-corrected chi connectivity index (χ3v) is 4.34. The summed E-state index contributed by atoms with van der Waals surface area (Å²) in [5, 5.41) is 8.26. The van der Waals surface area contributed by atoms with Crippen molar-refractivity contribution < 1.29 is 18.0 Å². The summed E-state index contributed by atoms with van der Waals surface area (Å²) in [6.07, 6.45) is -1.18. The molecule has 1 atom stereocenters. The number of H-pyrrole nitrogens is 1. The van der Waals surface area contributed by atoms with Crippen molar-refractivity contribution in [1.82, 2.24) is 15.5 Å². The molecule has 0 spiro atoms. The number of alkyl halides is 2. The average Bonchev–Trinajstić information content (AvgIpc) is 3.24. The molecule has 1 aromatic carbocycles. The Morgan fingerprint density at radius 2 is 2.00 bits per heavy atom. The summed E-state index contributed by atoms with van der Waals surface area (Å²) in [5.74, 6) is -3.20. The molecule has 1 aromatic heterocycles. The molecule has 1 fully saturated rings. The molecule has 1 saturated carbocycles. The average molecular weight is 337 g/mol. The molecule has 7 heteroatoms. The summed E-state index contributed by atoms with van der Waals surface area (Å²) in [4.78, 5) is 12.2. The minimum atomic E-state index is -2.81. The Morgan fingerprint density at radius 3 is 2.58 bits per heavy atom. The fraction of sp³-hybridized carbons (Fsp3) is 0.412. The summed E-state index contributed by atoms with van der Waals surface area (Å²) in [6, 6.07) is 4.93. The van der Waals surface area contributed by atoms with Crippen molar-refractivity contribution in [3.63, 3.8) is 0 Å². The second-order valence-electron chi connectivity index (χ2n) is 6.21. The number of rotatable bonds is 5. The third kappa shape index (κ3) is 3.16. The van der Waals surface area contributed by atoms with E-state index < -0.39 is 29.8 Å². The largest absolute Gasteiger partial charge is 0.349 e. The summed E-state index contributed by atoms with van der Waals surface area (Å²) in [5.41, 5.74) is 1.52. The molecule has 24 heavy (non-hydrogen) atoms. The van der Waals surface area contributed by atoms with Gasteiger partial charge in [-0.2, -0.15) is 4.39 Å². The van der Waals surface area contributed by atoms with E-state index >= 15 is 0 Å². The van der Waals surface area contributed by atoms with Crippen LogP contribution >= 0.6 is 0 Å². The molecule has 2 aromatic rings. The number of carbonyl (C=O) groups is 1. The van der Waals surface area contributed by atoms with E-state index in [0.29, 0.717) is 5.56 Å². The van der Waals surface area contributed by atoms with E-state index in [1.807, 2.05) is 13.8 Å². The highest BCUT2D eigenvalue weighted by Crippen LogP contribution is 2.34. The van der Waals surface area contributed by atoms with E-state index in [1.54, 1.807) is 18.2 Å². The van der Waals surface area contributed by atoms with Gasteiger partial charge in [0.25, 0.3) is 12.3 Å². The lowest BCUT2D eigenvalue weighted by molar-refractivity contribution is 0.0941. The molecule has 2 N–H and O–H groups in total. The van der Waals surface area contributed by atoms with Gasteiger partial charge in [-0.3, -0.25) is 9.89 Å². The van der Waals surface area contributed by atoms with Crippen molar-refractivity contribution in [2.75, 3.05) is 0 Å². The van der Waals surface area contributed by atoms with Crippen molar-refractivity contribution in [3.05, 3.63) is 52.1 Å². The van der Waals surface area contributed by atoms with Gasteiger partial charge >= 0.3 is 0 Å². The van der Waals surface area contributed by atoms with Crippen LogP contribution in [0.2, 0.25) is 0 Å². The highest BCUT2D eigenvalue weighted by Gasteiger charge is 2.35. The number of nitrogens with one attached hydrogen (secondary N) is 2. The number of nitrogens with zero attached hydrogens (tertiary/aromatic N) is 1. The van der Waals surface area contributed by atoms with Gasteiger partial charge < -0.3 is 5.32 Å². The monoisotopic (exact) mass is 337 g/mol. The van der Waals surface area contributed by atoms with Crippen molar-refractivity contribution in [2.45, 2.75) is 45.1 Å². The number of amides is 1. The second kappa shape index (κ2) is 6.30. The molecule has 0 bridgehead atoms. The number of aromatic nitrogens is 2. The van der Waals surface area contributed by atoms with Crippen LogP contribution in [-0.2, 0) is 0 Å². The molecular weight excluding hydrogens is 319 g/mol. The minimum absolute atomic E-state index is 0.00808. The lowest BCUT2D eigenvalue weighted by atomic mass is 9.91. The normalized spacial score (nSPS) is 15.6. The van der Waals surface area contributed by atoms with E-state index in [-0.39, 0.29) is 11.7 Å². The maximum Gasteiger partial charge on any atom is 0.258 e. The molecule has 128 valence electrons. The van der Waals surface area contributed by atoms with Crippen LogP contribution in [0.25, 0.3) is 0 Å². The number of benzene rings is 1. The molecule has 1 unspecified atom stereocenters. The fourth-order valence-electron chi connectivity index (χ4n) is 2.65. The minimum Gasteiger partial charge on any atom is -0.349 e. The summed E-state index contributed by atoms with van der Waals surface area (Å²) in [6.45, 7) is 3.69. The van der Waals surface area contributed by atoms with Crippen LogP contribution < -0.4 is 5.32 Å². The van der Waals surface area contributed by atoms with Crippen molar-refractivity contribution in [1.29, 1.82) is 0 Å². The maximum atomic E-state index is 14.0. The summed E-state index contributed by atoms with van der Waals surface area (Å²) < 4.78 is 41.4. The summed E-state index contributed by atoms with van der Waals surface area (Å²) >= 11 is 0. The number of hydrogen-bond donors (Lipinski definition) is 2. The fourth-order valence-corrected chi connectivity index (χ4v) is 2.65. The molecule has 0 aliphatic heterocycles. The van der Waals surface area contributed by atoms with Crippen LogP contribution in [-0.4, -0.2) is 28.6 Å². The van der Waals surface area contributed by atoms with Crippen LogP contribution in [0.5, 0.6) is 0 Å². The first kappa shape index (κ1) is 16.5. The van der Waals surface area contributed by atoms with Gasteiger partial charge in [0.1, 0.15) is 5.56 Å². The quantitative estimate of drug-likeness (QED) is 0.878. The zero-order valence-corrected chi connectivity index (χ0v) is 13.4. The van der Waals surface area contributed by atoms with Crippen LogP contribution in [0.1, 0.15) is 51.5 Å². The van der Waals surface area contributed by atoms with E-state index in [0.717, 1.165) is 24.0 Å². The van der Waals surface area contributed by atoms with Gasteiger partial charge in [-0.25, -0.2) is 8.78 Å². The van der Waals surface area contributed by atoms with Crippen molar-refractivity contribution in [2.24, 2.45) is 0 Å². The Morgan fingerprint density at radius 1 is 1.29 bits per heavy atom. The molecule has 4 nitrogen and oxygen atoms in total. The molecular formula is C17H18F3N3O. The van der Waals surface area contributed by atoms with Crippen molar-refractivity contribution >= 4 is 5.91 Å². The molecule has 3 rings (SSSR count). The standard InChI is InChI=1S/C17H18F3N3O/c1-8-3-4-10(7-9(8)2)12(15(18)19)14-13(16(20)23-22-14)17(24)21-11-5-6-11/h3-4,7,11-12,15H,5-6H2,1-2H3,(H,21,24)(H,22,23). The van der Waals surface area contributed by atoms with Crippen LogP contribution in [0.3, 0.4) is 0 Å². The number of aromatic amines is 1. The zero-order valence-electron chi connectivity index (χ0n) is 13.4. The highest BCUT2D eigenvalue weighted by atomic mass is 19.3. The lowest BCUT2D eigenvalue weighted by Crippen LogP contribution is -2.28. The number of carbonyl (C=O) groups excluding carboxylic acids is 1. The zero-order chi connectivity index (χ0) is 17.4. The first-order valence-corrected chi connectivity index (χ1v) is 7.78. The van der Waals surface area contributed by atoms with Crippen molar-refractivity contribution in [3.8, 4) is 0 Å². The van der Waals surface area contributed by atoms with Gasteiger partial charge in [0.2, 0.25) is 5.95 Å². The second-order valence-corrected chi connectivity index (χ2v) is 6.21. The molecule has 0 saturated heterocycles. The predicted octanol–water partition coefficient (Wildman–Crippen LogP) is 3.45. The predicted molar refractivity (Wildman–Crippen MR) is 82.8 cm³/mol. The van der Waals surface area contributed by atoms with Gasteiger partial charge in [0, 0.05) is 6.04 Å². The number of halogens is 3. The SMILES string of the molecule is Cc1ccc(C(c2[nH]nc(F)c2C(=O)NC2CC2)C(F)F)cc1C. The maximum absolute atomic E-state index is 14.0. The van der Waals surface area contributed by atoms with Crippen LogP contribution in [0, 0.1) is 19.8 Å². The van der Waals surface area contributed by atoms with Gasteiger partial charge in [-0.1, -0.05) is 18.2 Å². The van der Waals surface area contributed by atoms with Gasteiger partial charge in [0.05, 0.1) is 11.6 Å². The Balaban J connectivity index is 2.02. The Bertz CT molecular complexity index is 768. The smallest absolute Gasteiger partial charge is 0.258 e. The Labute approximate surface area is 137 Å². The van der Waals surface area contributed by atoms with Crippen LogP contribution in [0.15, 0.2) is 18.2 Å². The Hall–Kier alpha value is -2.31. The molecule has 1 aliphatic carbocycles. The highest BCUT2D eigenvalue weighted by molar-refractivity contribution is 5.96. The molecule has 0 radical (unpaired) electrons. The molecule has 1 amide bonds. The number of hydrogen-bond acceptors (Lipinski definition) is 2. The van der Waals surface area contributed by atoms with Gasteiger partial charge in [-0.15, -0.1) is 5.10 Å². The first-order chi connectivity index (χ1) is 11.4.